The third-order valence-corrected chi connectivity index (χ3v) is 7.82. The van der Waals surface area contributed by atoms with Crippen molar-refractivity contribution in [2.24, 2.45) is 0 Å². The number of benzene rings is 3. The van der Waals surface area contributed by atoms with Gasteiger partial charge in [-0.2, -0.15) is 0 Å². The maximum absolute atomic E-state index is 12.7. The Labute approximate surface area is 265 Å². The summed E-state index contributed by atoms with van der Waals surface area (Å²) in [6, 6.07) is 14.8. The lowest BCUT2D eigenvalue weighted by molar-refractivity contribution is -0.160. The number of rotatable bonds is 8. The van der Waals surface area contributed by atoms with Gasteiger partial charge in [0.2, 0.25) is 0 Å². The van der Waals surface area contributed by atoms with E-state index in [1.165, 1.54) is 16.7 Å². The maximum Gasteiger partial charge on any atom is 0.337 e. The molecule has 1 heterocycles. The van der Waals surface area contributed by atoms with Crippen LogP contribution < -0.4 is 9.46 Å². The number of carboxylic acids is 1. The van der Waals surface area contributed by atoms with E-state index < -0.39 is 17.7 Å². The molecule has 0 amide bonds. The number of anilines is 1. The molecule has 6 heteroatoms. The van der Waals surface area contributed by atoms with Crippen LogP contribution in [0.15, 0.2) is 42.5 Å². The van der Waals surface area contributed by atoms with Gasteiger partial charge in [0.1, 0.15) is 5.75 Å². The number of aryl methyl sites for hydroxylation is 4. The van der Waals surface area contributed by atoms with Crippen LogP contribution in [0.1, 0.15) is 107 Å². The summed E-state index contributed by atoms with van der Waals surface area (Å²) in [7, 11) is 0. The van der Waals surface area contributed by atoms with E-state index in [4.69, 9.17) is 9.47 Å². The Morgan fingerprint density at radius 3 is 2.26 bits per heavy atom. The van der Waals surface area contributed by atoms with E-state index >= 15 is 0 Å². The summed E-state index contributed by atoms with van der Waals surface area (Å²) in [5, 5.41) is 10.4. The van der Waals surface area contributed by atoms with Crippen LogP contribution in [0.2, 0.25) is 0 Å². The highest BCUT2D eigenvalue weighted by Crippen LogP contribution is 2.42. The average Bonchev–Trinajstić information content (AvgIpc) is 2.96. The number of nitrogens with one attached hydrogen (secondary N) is 1. The van der Waals surface area contributed by atoms with Crippen molar-refractivity contribution in [2.45, 2.75) is 114 Å². The van der Waals surface area contributed by atoms with E-state index in [-0.39, 0.29) is 7.43 Å². The van der Waals surface area contributed by atoms with Crippen LogP contribution >= 0.6 is 11.9 Å². The summed E-state index contributed by atoms with van der Waals surface area (Å²) in [5.41, 5.74) is 9.71. The van der Waals surface area contributed by atoms with Crippen molar-refractivity contribution in [1.29, 1.82) is 0 Å². The van der Waals surface area contributed by atoms with Crippen molar-refractivity contribution in [3.05, 3.63) is 81.4 Å². The fourth-order valence-corrected chi connectivity index (χ4v) is 5.74. The summed E-state index contributed by atoms with van der Waals surface area (Å²) >= 11 is 1.60. The molecule has 0 aliphatic carbocycles. The van der Waals surface area contributed by atoms with Crippen molar-refractivity contribution < 1.29 is 19.4 Å². The Kier molecular flexibility index (Phi) is 15.4. The summed E-state index contributed by atoms with van der Waals surface area (Å²) in [6.45, 7) is 22.7. The van der Waals surface area contributed by atoms with Gasteiger partial charge in [-0.05, 0) is 136 Å². The first-order valence-electron chi connectivity index (χ1n) is 15.2. The van der Waals surface area contributed by atoms with Crippen LogP contribution in [-0.2, 0) is 21.7 Å². The number of ether oxygens (including phenoxy) is 2. The maximum atomic E-state index is 12.7. The Bertz CT molecular complexity index is 1340. The molecule has 5 nitrogen and oxygen atoms in total. The lowest BCUT2D eigenvalue weighted by atomic mass is 9.86. The minimum absolute atomic E-state index is 0. The molecule has 1 unspecified atom stereocenters. The van der Waals surface area contributed by atoms with E-state index in [2.05, 4.69) is 48.9 Å². The monoisotopic (exact) mass is 609 g/mol. The number of fused-ring (bicyclic) bond motifs is 1. The van der Waals surface area contributed by atoms with Crippen molar-refractivity contribution in [1.82, 2.24) is 0 Å². The molecule has 0 bridgehead atoms. The fraction of sp³-hybridized carbons (Fsp3) is 0.486. The topological polar surface area (TPSA) is 67.8 Å². The molecule has 0 aromatic heterocycles. The van der Waals surface area contributed by atoms with Crippen molar-refractivity contribution >= 4 is 23.6 Å². The van der Waals surface area contributed by atoms with Crippen LogP contribution in [0, 0.1) is 27.7 Å². The van der Waals surface area contributed by atoms with Gasteiger partial charge in [-0.3, -0.25) is 0 Å². The molecule has 238 valence electrons. The van der Waals surface area contributed by atoms with Crippen molar-refractivity contribution in [2.75, 3.05) is 11.3 Å². The van der Waals surface area contributed by atoms with Crippen LogP contribution in [0.25, 0.3) is 11.1 Å². The highest BCUT2D eigenvalue weighted by atomic mass is 32.2. The van der Waals surface area contributed by atoms with Gasteiger partial charge in [0.05, 0.1) is 12.2 Å². The number of hydrogen-bond acceptors (Lipinski definition) is 5. The molecule has 1 atom stereocenters. The van der Waals surface area contributed by atoms with Crippen LogP contribution in [-0.4, -0.2) is 23.3 Å². The van der Waals surface area contributed by atoms with E-state index in [9.17, 15) is 9.90 Å². The SMILES string of the molecule is C.CC.CC.Cc1ccc(CSNc2cc(C)c(-c3ccc4c(c3)CCCO4)c(C(OC(C)(C)C)C(=O)O)c2C)cc1C. The molecule has 0 fully saturated rings. The van der Waals surface area contributed by atoms with Gasteiger partial charge in [0.15, 0.2) is 6.10 Å². The Morgan fingerprint density at radius 1 is 0.977 bits per heavy atom. The standard InChI is InChI=1S/C32H39NO4S.2C2H6.CH4/c1-19-10-11-23(15-20(19)2)18-38-33-26-16-21(3)28(25-12-13-27-24(17-25)9-8-14-36-27)29(22(26)4)30(31(34)35)37-32(5,6)7;2*1-2;/h10-13,15-17,30,33H,8-9,14,18H2,1-7H3,(H,34,35);2*1-2H3;1H4. The first-order chi connectivity index (χ1) is 19.9. The second-order valence-electron chi connectivity index (χ2n) is 11.2. The van der Waals surface area contributed by atoms with Crippen LogP contribution in [0.3, 0.4) is 0 Å². The largest absolute Gasteiger partial charge is 0.493 e. The predicted molar refractivity (Wildman–Crippen MR) is 187 cm³/mol. The second-order valence-corrected chi connectivity index (χ2v) is 12.0. The Hall–Kier alpha value is -2.96. The molecule has 4 rings (SSSR count). The summed E-state index contributed by atoms with van der Waals surface area (Å²) in [4.78, 5) is 12.7. The number of aliphatic carboxylic acids is 1. The Morgan fingerprint density at radius 2 is 1.65 bits per heavy atom. The van der Waals surface area contributed by atoms with Gasteiger partial charge in [-0.1, -0.05) is 59.4 Å². The zero-order chi connectivity index (χ0) is 31.6. The first-order valence-corrected chi connectivity index (χ1v) is 16.2. The second kappa shape index (κ2) is 17.4. The van der Waals surface area contributed by atoms with E-state index in [0.717, 1.165) is 64.5 Å². The van der Waals surface area contributed by atoms with Crippen molar-refractivity contribution in [3.8, 4) is 16.9 Å². The number of carbonyl (C=O) groups is 1. The quantitative estimate of drug-likeness (QED) is 0.248. The van der Waals surface area contributed by atoms with Crippen LogP contribution in [0.5, 0.6) is 5.75 Å². The highest BCUT2D eigenvalue weighted by molar-refractivity contribution is 7.99. The smallest absolute Gasteiger partial charge is 0.337 e. The average molecular weight is 610 g/mol. The summed E-state index contributed by atoms with van der Waals surface area (Å²) in [6.07, 6.45) is 0.821. The lowest BCUT2D eigenvalue weighted by Gasteiger charge is -2.30. The molecule has 1 aliphatic heterocycles. The third kappa shape index (κ3) is 10.0. The minimum Gasteiger partial charge on any atom is -0.493 e. The van der Waals surface area contributed by atoms with Gasteiger partial charge in [0, 0.05) is 17.0 Å². The van der Waals surface area contributed by atoms with E-state index in [1.807, 2.05) is 74.4 Å². The van der Waals surface area contributed by atoms with E-state index in [1.54, 1.807) is 11.9 Å². The first kappa shape index (κ1) is 38.1. The van der Waals surface area contributed by atoms with Gasteiger partial charge in [-0.15, -0.1) is 0 Å². The van der Waals surface area contributed by atoms with E-state index in [0.29, 0.717) is 5.56 Å². The molecule has 0 spiro atoms. The molecule has 2 N–H and O–H groups in total. The van der Waals surface area contributed by atoms with Crippen molar-refractivity contribution in [3.63, 3.8) is 0 Å². The molecule has 0 radical (unpaired) electrons. The highest BCUT2D eigenvalue weighted by Gasteiger charge is 2.32. The minimum atomic E-state index is -1.11. The number of hydrogen-bond donors (Lipinski definition) is 2. The molecule has 0 saturated heterocycles. The molecule has 1 aliphatic rings. The molecular formula is C37H55NO4S. The molecule has 3 aromatic carbocycles. The summed E-state index contributed by atoms with van der Waals surface area (Å²) in [5.74, 6) is 0.713. The third-order valence-electron chi connectivity index (χ3n) is 6.98. The van der Waals surface area contributed by atoms with Crippen LogP contribution in [0.4, 0.5) is 5.69 Å². The van der Waals surface area contributed by atoms with Gasteiger partial charge in [-0.25, -0.2) is 4.79 Å². The van der Waals surface area contributed by atoms with Gasteiger partial charge < -0.3 is 19.3 Å². The normalized spacial score (nSPS) is 12.6. The lowest BCUT2D eigenvalue weighted by Crippen LogP contribution is -2.28. The zero-order valence-electron chi connectivity index (χ0n) is 27.5. The summed E-state index contributed by atoms with van der Waals surface area (Å²) < 4.78 is 15.5. The molecular weight excluding hydrogens is 554 g/mol. The molecule has 0 saturated carbocycles. The number of carboxylic acid groups (broad SMARTS) is 1. The predicted octanol–water partition coefficient (Wildman–Crippen LogP) is 10.8. The zero-order valence-corrected chi connectivity index (χ0v) is 28.3. The molecule has 43 heavy (non-hydrogen) atoms. The molecule has 3 aromatic rings. The van der Waals surface area contributed by atoms with Gasteiger partial charge in [0.25, 0.3) is 0 Å². The Balaban J connectivity index is 0.00000177. The fourth-order valence-electron chi connectivity index (χ4n) is 4.95. The van der Waals surface area contributed by atoms with Gasteiger partial charge >= 0.3 is 5.97 Å².